The highest BCUT2D eigenvalue weighted by atomic mass is 32.5. The predicted octanol–water partition coefficient (Wildman–Crippen LogP) is 2.35. The van der Waals surface area contributed by atoms with Gasteiger partial charge in [0.2, 0.25) is 5.91 Å². The van der Waals surface area contributed by atoms with Crippen LogP contribution in [0.3, 0.4) is 0 Å². The number of alkyl halides is 1. The Balaban J connectivity index is 1.82. The van der Waals surface area contributed by atoms with Crippen molar-refractivity contribution >= 4 is 35.9 Å². The molecule has 1 unspecified atom stereocenters. The van der Waals surface area contributed by atoms with Gasteiger partial charge in [-0.15, -0.1) is 0 Å². The van der Waals surface area contributed by atoms with Crippen LogP contribution in [0.1, 0.15) is 40.5 Å². The normalized spacial score (nSPS) is 30.4. The third-order valence-corrected chi connectivity index (χ3v) is 8.38. The lowest BCUT2D eigenvalue weighted by molar-refractivity contribution is -0.209. The number of ether oxygens (including phenoxy) is 1. The van der Waals surface area contributed by atoms with Crippen LogP contribution in [-0.4, -0.2) is 69.0 Å². The van der Waals surface area contributed by atoms with E-state index in [0.29, 0.717) is 5.75 Å². The van der Waals surface area contributed by atoms with Crippen LogP contribution >= 0.6 is 6.64 Å². The van der Waals surface area contributed by atoms with E-state index in [-0.39, 0.29) is 18.1 Å². The number of benzene rings is 1. The van der Waals surface area contributed by atoms with Gasteiger partial charge in [-0.1, -0.05) is 32.0 Å². The van der Waals surface area contributed by atoms with Crippen molar-refractivity contribution in [2.75, 3.05) is 6.61 Å². The van der Waals surface area contributed by atoms with Crippen molar-refractivity contribution in [1.29, 1.82) is 0 Å². The van der Waals surface area contributed by atoms with Crippen molar-refractivity contribution < 1.29 is 42.8 Å². The monoisotopic (exact) mass is 558 g/mol. The standard InChI is InChI=1S/C24H32FN2O8PS/c1-15(2)12-19(29)16(3)26-36(37,35-18-8-6-5-7-9-18)33-14-24(25)21(31)23(4,32)22(34-24)27-11-10-17(28)13-20(27)30/h5-11,15-16,21-22,31-32H,12-14H2,1-4H3,(H,26,37)/t16-,21-,22+,23+,24+,36?/m0/s1. The highest BCUT2D eigenvalue weighted by Gasteiger charge is 2.64. The van der Waals surface area contributed by atoms with Crippen LogP contribution < -0.4 is 9.61 Å². The smallest absolute Gasteiger partial charge is 0.313 e. The summed E-state index contributed by atoms with van der Waals surface area (Å²) in [6.45, 7) is 1.86. The first-order valence-electron chi connectivity index (χ1n) is 11.8. The first kappa shape index (κ1) is 29.5. The molecule has 3 rings (SSSR count). The first-order chi connectivity index (χ1) is 17.2. The Bertz CT molecular complexity index is 1100. The minimum absolute atomic E-state index is 0.0997. The number of para-hydroxylation sites is 1. The highest BCUT2D eigenvalue weighted by molar-refractivity contribution is 8.09. The van der Waals surface area contributed by atoms with Crippen LogP contribution in [0.15, 0.2) is 42.6 Å². The summed E-state index contributed by atoms with van der Waals surface area (Å²) in [5.74, 6) is -3.94. The van der Waals surface area contributed by atoms with Crippen molar-refractivity contribution in [2.45, 2.75) is 70.4 Å². The number of nitrogens with one attached hydrogen (secondary N) is 1. The number of carbonyl (C=O) groups excluding carboxylic acids is 3. The molecule has 13 heteroatoms. The predicted molar refractivity (Wildman–Crippen MR) is 135 cm³/mol. The molecule has 0 aliphatic carbocycles. The summed E-state index contributed by atoms with van der Waals surface area (Å²) in [7, 11) is 0. The van der Waals surface area contributed by atoms with Gasteiger partial charge in [0, 0.05) is 12.6 Å². The summed E-state index contributed by atoms with van der Waals surface area (Å²) < 4.78 is 32.9. The van der Waals surface area contributed by atoms with Gasteiger partial charge in [-0.3, -0.25) is 19.3 Å². The molecule has 3 N–H and O–H groups in total. The number of carbonyl (C=O) groups is 3. The molecule has 2 aliphatic heterocycles. The molecule has 1 saturated heterocycles. The molecular formula is C24H32FN2O8PS. The van der Waals surface area contributed by atoms with Gasteiger partial charge in [-0.25, -0.2) is 9.48 Å². The lowest BCUT2D eigenvalue weighted by Crippen LogP contribution is -2.54. The van der Waals surface area contributed by atoms with E-state index in [1.807, 2.05) is 13.8 Å². The van der Waals surface area contributed by atoms with E-state index in [2.05, 4.69) is 5.09 Å². The van der Waals surface area contributed by atoms with E-state index in [9.17, 15) is 24.6 Å². The van der Waals surface area contributed by atoms with Crippen LogP contribution in [0.5, 0.6) is 5.75 Å². The molecule has 204 valence electrons. The number of halogens is 1. The number of Topliss-reactive ketones (excluding diaryl/α,β-unsaturated/α-hetero) is 1. The molecule has 0 spiro atoms. The molecule has 1 aromatic rings. The van der Waals surface area contributed by atoms with Crippen molar-refractivity contribution in [3.05, 3.63) is 42.6 Å². The Morgan fingerprint density at radius 1 is 1.32 bits per heavy atom. The zero-order chi connectivity index (χ0) is 27.6. The zero-order valence-corrected chi connectivity index (χ0v) is 22.7. The quantitative estimate of drug-likeness (QED) is 0.274. The first-order valence-corrected chi connectivity index (χ1v) is 14.4. The summed E-state index contributed by atoms with van der Waals surface area (Å²) in [4.78, 5) is 37.3. The number of nitrogens with zero attached hydrogens (tertiary/aromatic N) is 1. The Kier molecular flexibility index (Phi) is 9.06. The lowest BCUT2D eigenvalue weighted by atomic mass is 9.94. The fraction of sp³-hybridized carbons (Fsp3) is 0.542. The van der Waals surface area contributed by atoms with Crippen molar-refractivity contribution in [3.8, 4) is 5.75 Å². The van der Waals surface area contributed by atoms with Crippen molar-refractivity contribution in [3.63, 3.8) is 0 Å². The van der Waals surface area contributed by atoms with Gasteiger partial charge in [-0.05, 0) is 49.8 Å². The average molecular weight is 559 g/mol. The van der Waals surface area contributed by atoms with Gasteiger partial charge >= 0.3 is 6.64 Å². The van der Waals surface area contributed by atoms with E-state index in [1.165, 1.54) is 0 Å². The summed E-state index contributed by atoms with van der Waals surface area (Å²) in [6.07, 6.45) is -1.87. The SMILES string of the molecule is CC(C)CC(=O)[C@H](C)NP(=S)(OC[C@@]1(F)O[C@@H](N2C=CC(=O)CC2=O)[C@](C)(O)[C@@H]1O)Oc1ccccc1. The van der Waals surface area contributed by atoms with Gasteiger partial charge in [0.1, 0.15) is 29.8 Å². The average Bonchev–Trinajstić information content (AvgIpc) is 2.98. The molecule has 0 radical (unpaired) electrons. The maximum Gasteiger partial charge on any atom is 0.313 e. The summed E-state index contributed by atoms with van der Waals surface area (Å²) in [5, 5.41) is 24.4. The highest BCUT2D eigenvalue weighted by Crippen LogP contribution is 2.49. The van der Waals surface area contributed by atoms with Gasteiger partial charge in [0.15, 0.2) is 12.0 Å². The van der Waals surface area contributed by atoms with E-state index < -0.39 is 61.2 Å². The molecule has 2 heterocycles. The number of aliphatic hydroxyl groups is 2. The zero-order valence-electron chi connectivity index (χ0n) is 21.0. The third kappa shape index (κ3) is 6.88. The largest absolute Gasteiger partial charge is 0.433 e. The van der Waals surface area contributed by atoms with Crippen LogP contribution in [0.25, 0.3) is 0 Å². The maximum atomic E-state index is 16.0. The molecule has 0 saturated carbocycles. The lowest BCUT2D eigenvalue weighted by Gasteiger charge is -2.34. The number of aliphatic hydroxyl groups excluding tert-OH is 1. The van der Waals surface area contributed by atoms with Gasteiger partial charge in [0.05, 0.1) is 12.5 Å². The molecule has 0 aromatic heterocycles. The minimum atomic E-state index is -3.62. The number of amides is 1. The van der Waals surface area contributed by atoms with Crippen LogP contribution in [0, 0.1) is 5.92 Å². The van der Waals surface area contributed by atoms with Gasteiger partial charge < -0.3 is 24.0 Å². The van der Waals surface area contributed by atoms with E-state index in [4.69, 9.17) is 25.6 Å². The van der Waals surface area contributed by atoms with Crippen LogP contribution in [0.4, 0.5) is 4.39 Å². The van der Waals surface area contributed by atoms with Crippen molar-refractivity contribution in [1.82, 2.24) is 9.99 Å². The molecule has 1 aromatic carbocycles. The number of rotatable bonds is 11. The van der Waals surface area contributed by atoms with Crippen LogP contribution in [0.2, 0.25) is 0 Å². The molecule has 6 atom stereocenters. The second-order valence-corrected chi connectivity index (χ2v) is 12.9. The second-order valence-electron chi connectivity index (χ2n) is 9.73. The van der Waals surface area contributed by atoms with Gasteiger partial charge in [-0.2, -0.15) is 0 Å². The Morgan fingerprint density at radius 2 is 1.97 bits per heavy atom. The number of allylic oxidation sites excluding steroid dienone is 1. The van der Waals surface area contributed by atoms with Crippen LogP contribution in [-0.2, 0) is 35.5 Å². The fourth-order valence-electron chi connectivity index (χ4n) is 3.92. The Hall–Kier alpha value is -2.05. The summed E-state index contributed by atoms with van der Waals surface area (Å²) >= 11 is 5.58. The van der Waals surface area contributed by atoms with E-state index in [1.54, 1.807) is 37.3 Å². The Labute approximate surface area is 220 Å². The third-order valence-electron chi connectivity index (χ3n) is 5.90. The summed E-state index contributed by atoms with van der Waals surface area (Å²) in [6, 6.07) is 7.57. The molecule has 10 nitrogen and oxygen atoms in total. The van der Waals surface area contributed by atoms with E-state index >= 15 is 4.39 Å². The summed E-state index contributed by atoms with van der Waals surface area (Å²) in [5.41, 5.74) is -2.27. The number of ketones is 2. The van der Waals surface area contributed by atoms with E-state index in [0.717, 1.165) is 24.1 Å². The maximum absolute atomic E-state index is 16.0. The molecule has 2 aliphatic rings. The van der Waals surface area contributed by atoms with Crippen molar-refractivity contribution in [2.24, 2.45) is 5.92 Å². The minimum Gasteiger partial charge on any atom is -0.433 e. The molecule has 1 amide bonds. The second kappa shape index (κ2) is 11.4. The number of hydrogen-bond donors (Lipinski definition) is 3. The number of hydrogen-bond acceptors (Lipinski definition) is 9. The topological polar surface area (TPSA) is 135 Å². The fourth-order valence-corrected chi connectivity index (χ4v) is 6.35. The molecular weight excluding hydrogens is 526 g/mol. The Morgan fingerprint density at radius 3 is 2.57 bits per heavy atom. The molecule has 1 fully saturated rings. The molecule has 37 heavy (non-hydrogen) atoms. The molecule has 0 bridgehead atoms. The van der Waals surface area contributed by atoms with Gasteiger partial charge in [0.25, 0.3) is 5.85 Å².